The van der Waals surface area contributed by atoms with Gasteiger partial charge in [-0.25, -0.2) is 4.39 Å². The van der Waals surface area contributed by atoms with Crippen molar-refractivity contribution in [3.05, 3.63) is 39.1 Å². The first-order valence-corrected chi connectivity index (χ1v) is 7.38. The molecule has 1 aliphatic rings. The lowest BCUT2D eigenvalue weighted by atomic mass is 10.2. The van der Waals surface area contributed by atoms with Gasteiger partial charge in [0.15, 0.2) is 4.77 Å². The van der Waals surface area contributed by atoms with Crippen molar-refractivity contribution in [1.82, 2.24) is 14.1 Å². The summed E-state index contributed by atoms with van der Waals surface area (Å²) in [4.78, 5) is 15.9. The zero-order valence-electron chi connectivity index (χ0n) is 11.5. The van der Waals surface area contributed by atoms with E-state index in [0.717, 1.165) is 18.4 Å². The summed E-state index contributed by atoms with van der Waals surface area (Å²) in [5.41, 5.74) is 1.89. The number of hydrogen-bond acceptors (Lipinski definition) is 2. The van der Waals surface area contributed by atoms with Gasteiger partial charge in [0.05, 0.1) is 11.0 Å². The largest absolute Gasteiger partial charge is 0.338 e. The van der Waals surface area contributed by atoms with Gasteiger partial charge in [0.25, 0.3) is 5.56 Å². The first kappa shape index (κ1) is 12.8. The summed E-state index contributed by atoms with van der Waals surface area (Å²) < 4.78 is 17.4. The van der Waals surface area contributed by atoms with Crippen molar-refractivity contribution in [1.29, 1.82) is 0 Å². The third-order valence-corrected chi connectivity index (χ3v) is 4.55. The monoisotopic (exact) mass is 303 g/mol. The highest BCUT2D eigenvalue weighted by molar-refractivity contribution is 7.71. The van der Waals surface area contributed by atoms with Gasteiger partial charge in [0.2, 0.25) is 0 Å². The summed E-state index contributed by atoms with van der Waals surface area (Å²) in [5.74, 6) is 0.235. The van der Waals surface area contributed by atoms with E-state index in [2.05, 4.69) is 4.98 Å². The molecule has 1 aliphatic carbocycles. The fourth-order valence-corrected chi connectivity index (χ4v) is 3.17. The number of nitrogens with zero attached hydrogens (tertiary/aromatic N) is 2. The van der Waals surface area contributed by atoms with E-state index in [4.69, 9.17) is 12.2 Å². The van der Waals surface area contributed by atoms with Crippen LogP contribution >= 0.6 is 12.2 Å². The Morgan fingerprint density at radius 2 is 2.19 bits per heavy atom. The van der Waals surface area contributed by atoms with E-state index in [-0.39, 0.29) is 11.4 Å². The van der Waals surface area contributed by atoms with E-state index in [1.54, 1.807) is 15.2 Å². The topological polar surface area (TPSA) is 42.7 Å². The van der Waals surface area contributed by atoms with E-state index < -0.39 is 0 Å². The molecule has 1 aromatic carbocycles. The lowest BCUT2D eigenvalue weighted by Crippen LogP contribution is -2.24. The molecule has 0 bridgehead atoms. The summed E-state index contributed by atoms with van der Waals surface area (Å²) in [6.07, 6.45) is 2.30. The molecule has 3 aromatic rings. The van der Waals surface area contributed by atoms with Crippen molar-refractivity contribution in [2.24, 2.45) is 13.0 Å². The van der Waals surface area contributed by atoms with Crippen LogP contribution in [0.4, 0.5) is 4.39 Å². The van der Waals surface area contributed by atoms with Crippen LogP contribution in [0.1, 0.15) is 12.8 Å². The maximum absolute atomic E-state index is 13.5. The van der Waals surface area contributed by atoms with Crippen LogP contribution in [0.25, 0.3) is 21.9 Å². The molecule has 1 N–H and O–H groups in total. The Bertz CT molecular complexity index is 994. The van der Waals surface area contributed by atoms with Gasteiger partial charge in [-0.1, -0.05) is 0 Å². The lowest BCUT2D eigenvalue weighted by molar-refractivity contribution is 0.592. The average Bonchev–Trinajstić information content (AvgIpc) is 3.22. The number of hydrogen-bond donors (Lipinski definition) is 1. The number of benzene rings is 1. The molecule has 1 saturated carbocycles. The second kappa shape index (κ2) is 4.27. The Morgan fingerprint density at radius 1 is 1.43 bits per heavy atom. The second-order valence-electron chi connectivity index (χ2n) is 5.73. The molecule has 6 heteroatoms. The summed E-state index contributed by atoms with van der Waals surface area (Å²) in [6.45, 7) is 0.667. The number of fused-ring (bicyclic) bond motifs is 3. The molecule has 0 saturated heterocycles. The Hall–Kier alpha value is -1.95. The minimum atomic E-state index is -0.323. The van der Waals surface area contributed by atoms with Crippen molar-refractivity contribution in [3.63, 3.8) is 0 Å². The highest BCUT2D eigenvalue weighted by Crippen LogP contribution is 2.31. The summed E-state index contributed by atoms with van der Waals surface area (Å²) in [6, 6.07) is 4.53. The van der Waals surface area contributed by atoms with Gasteiger partial charge >= 0.3 is 0 Å². The van der Waals surface area contributed by atoms with Gasteiger partial charge in [-0.2, -0.15) is 0 Å². The van der Waals surface area contributed by atoms with Crippen LogP contribution in [-0.4, -0.2) is 14.1 Å². The maximum Gasteiger partial charge on any atom is 0.278 e. The molecule has 0 spiro atoms. The molecule has 0 aliphatic heterocycles. The SMILES string of the molecule is Cn1c2ccc(F)cc2c2[nH]c(=S)n(CC3CC3)c(=O)c21. The third kappa shape index (κ3) is 1.86. The third-order valence-electron chi connectivity index (χ3n) is 4.22. The van der Waals surface area contributed by atoms with Crippen molar-refractivity contribution in [2.45, 2.75) is 19.4 Å². The summed E-state index contributed by atoms with van der Waals surface area (Å²) >= 11 is 5.32. The Labute approximate surface area is 124 Å². The molecular weight excluding hydrogens is 289 g/mol. The number of aromatic amines is 1. The quantitative estimate of drug-likeness (QED) is 0.739. The molecule has 2 aromatic heterocycles. The van der Waals surface area contributed by atoms with Crippen LogP contribution in [0, 0.1) is 16.5 Å². The second-order valence-corrected chi connectivity index (χ2v) is 6.12. The van der Waals surface area contributed by atoms with E-state index >= 15 is 0 Å². The molecular formula is C15H14FN3OS. The smallest absolute Gasteiger partial charge is 0.278 e. The Kier molecular flexibility index (Phi) is 2.60. The predicted molar refractivity (Wildman–Crippen MR) is 82.6 cm³/mol. The van der Waals surface area contributed by atoms with Crippen LogP contribution in [0.2, 0.25) is 0 Å². The highest BCUT2D eigenvalue weighted by Gasteiger charge is 2.24. The van der Waals surface area contributed by atoms with E-state index in [1.807, 2.05) is 7.05 Å². The summed E-state index contributed by atoms with van der Waals surface area (Å²) in [5, 5.41) is 0.689. The number of aromatic nitrogens is 3. The average molecular weight is 303 g/mol. The molecule has 0 atom stereocenters. The first-order chi connectivity index (χ1) is 10.1. The number of halogens is 1. The van der Waals surface area contributed by atoms with Crippen molar-refractivity contribution < 1.29 is 4.39 Å². The van der Waals surface area contributed by atoms with Crippen LogP contribution in [0.15, 0.2) is 23.0 Å². The van der Waals surface area contributed by atoms with Crippen LogP contribution < -0.4 is 5.56 Å². The number of nitrogens with one attached hydrogen (secondary N) is 1. The minimum Gasteiger partial charge on any atom is -0.338 e. The van der Waals surface area contributed by atoms with Gasteiger partial charge in [0.1, 0.15) is 11.3 Å². The zero-order valence-corrected chi connectivity index (χ0v) is 12.3. The fraction of sp³-hybridized carbons (Fsp3) is 0.333. The molecule has 0 radical (unpaired) electrons. The Morgan fingerprint density at radius 3 is 2.90 bits per heavy atom. The van der Waals surface area contributed by atoms with Gasteiger partial charge in [-0.15, -0.1) is 0 Å². The van der Waals surface area contributed by atoms with Crippen LogP contribution in [0.5, 0.6) is 0 Å². The van der Waals surface area contributed by atoms with E-state index in [0.29, 0.717) is 33.7 Å². The van der Waals surface area contributed by atoms with Gasteiger partial charge in [-0.05, 0) is 49.2 Å². The number of aryl methyl sites for hydroxylation is 1. The molecule has 4 rings (SSSR count). The predicted octanol–water partition coefficient (Wildman–Crippen LogP) is 3.10. The van der Waals surface area contributed by atoms with E-state index in [9.17, 15) is 9.18 Å². The molecule has 4 nitrogen and oxygen atoms in total. The fourth-order valence-electron chi connectivity index (χ4n) is 2.91. The molecule has 1 fully saturated rings. The van der Waals surface area contributed by atoms with Gasteiger partial charge in [-0.3, -0.25) is 9.36 Å². The van der Waals surface area contributed by atoms with Crippen LogP contribution in [0.3, 0.4) is 0 Å². The summed E-state index contributed by atoms with van der Waals surface area (Å²) in [7, 11) is 1.82. The van der Waals surface area contributed by atoms with Crippen LogP contribution in [-0.2, 0) is 13.6 Å². The lowest BCUT2D eigenvalue weighted by Gasteiger charge is -2.06. The number of H-pyrrole nitrogens is 1. The highest BCUT2D eigenvalue weighted by atomic mass is 32.1. The minimum absolute atomic E-state index is 0.0974. The molecule has 108 valence electrons. The molecule has 2 heterocycles. The molecule has 0 amide bonds. The first-order valence-electron chi connectivity index (χ1n) is 6.97. The van der Waals surface area contributed by atoms with Gasteiger partial charge in [0, 0.05) is 19.0 Å². The van der Waals surface area contributed by atoms with Crippen molar-refractivity contribution in [3.8, 4) is 0 Å². The molecule has 21 heavy (non-hydrogen) atoms. The van der Waals surface area contributed by atoms with Crippen molar-refractivity contribution >= 4 is 34.2 Å². The van der Waals surface area contributed by atoms with Gasteiger partial charge < -0.3 is 9.55 Å². The normalized spacial score (nSPS) is 15.1. The van der Waals surface area contributed by atoms with E-state index in [1.165, 1.54) is 12.1 Å². The maximum atomic E-state index is 13.5. The molecule has 0 unspecified atom stereocenters. The number of rotatable bonds is 2. The van der Waals surface area contributed by atoms with Crippen molar-refractivity contribution in [2.75, 3.05) is 0 Å². The Balaban J connectivity index is 2.14. The standard InChI is InChI=1S/C15H14FN3OS/c1-18-11-5-4-9(16)6-10(11)12-13(18)14(20)19(15(21)17-12)7-8-2-3-8/h4-6,8H,2-3,7H2,1H3,(H,17,21). The zero-order chi connectivity index (χ0) is 14.7.